The van der Waals surface area contributed by atoms with E-state index >= 15 is 0 Å². The molecule has 1 aliphatic heterocycles. The van der Waals surface area contributed by atoms with Crippen LogP contribution in [0.15, 0.2) is 36.5 Å². The van der Waals surface area contributed by atoms with Crippen molar-refractivity contribution in [2.45, 2.75) is 36.7 Å². The van der Waals surface area contributed by atoms with Crippen molar-refractivity contribution >= 4 is 5.91 Å². The van der Waals surface area contributed by atoms with E-state index in [1.54, 1.807) is 4.90 Å². The standard InChI is InChI=1S/C17H20N4O2/c22-15(16(8-9-16)13-5-2-1-3-6-13)21-10-4-7-17(23,12-21)14-11-18-20-19-14/h1-3,5-6,11,23H,4,7-10,12H2,(H,18,19,20)/t17-/m0/s1. The first kappa shape index (κ1) is 14.4. The largest absolute Gasteiger partial charge is 0.382 e. The number of rotatable bonds is 3. The first-order valence-electron chi connectivity index (χ1n) is 8.08. The van der Waals surface area contributed by atoms with Crippen LogP contribution in [-0.2, 0) is 15.8 Å². The molecule has 0 bridgehead atoms. The maximum Gasteiger partial charge on any atom is 0.233 e. The van der Waals surface area contributed by atoms with Gasteiger partial charge in [0.2, 0.25) is 5.91 Å². The van der Waals surface area contributed by atoms with E-state index in [-0.39, 0.29) is 17.9 Å². The van der Waals surface area contributed by atoms with Gasteiger partial charge in [-0.25, -0.2) is 0 Å². The van der Waals surface area contributed by atoms with Crippen LogP contribution in [0.25, 0.3) is 0 Å². The van der Waals surface area contributed by atoms with Gasteiger partial charge in [0, 0.05) is 6.54 Å². The first-order valence-corrected chi connectivity index (χ1v) is 8.08. The first-order chi connectivity index (χ1) is 11.1. The monoisotopic (exact) mass is 312 g/mol. The maximum absolute atomic E-state index is 13.1. The number of β-amino-alcohol motifs (C(OH)–C–C–N with tert-alkyl or cyclic N) is 1. The SMILES string of the molecule is O=C(N1CCC[C@@](O)(c2cn[nH]n2)C1)C1(c2ccccc2)CC1. The number of carbonyl (C=O) groups is 1. The zero-order chi connectivity index (χ0) is 15.9. The highest BCUT2D eigenvalue weighted by Crippen LogP contribution is 2.50. The van der Waals surface area contributed by atoms with E-state index in [9.17, 15) is 9.90 Å². The number of hydrogen-bond acceptors (Lipinski definition) is 4. The van der Waals surface area contributed by atoms with Crippen LogP contribution in [0.5, 0.6) is 0 Å². The minimum atomic E-state index is -1.10. The van der Waals surface area contributed by atoms with Gasteiger partial charge in [-0.1, -0.05) is 30.3 Å². The summed E-state index contributed by atoms with van der Waals surface area (Å²) in [5, 5.41) is 21.2. The van der Waals surface area contributed by atoms with Crippen LogP contribution in [0.2, 0.25) is 0 Å². The number of benzene rings is 1. The summed E-state index contributed by atoms with van der Waals surface area (Å²) in [5.74, 6) is 0.130. The molecule has 1 saturated heterocycles. The number of nitrogens with one attached hydrogen (secondary N) is 1. The molecule has 2 aliphatic rings. The second-order valence-electron chi connectivity index (χ2n) is 6.67. The number of H-pyrrole nitrogens is 1. The molecule has 2 heterocycles. The molecule has 1 atom stereocenters. The summed E-state index contributed by atoms with van der Waals surface area (Å²) in [6.45, 7) is 0.973. The van der Waals surface area contributed by atoms with Gasteiger partial charge in [0.1, 0.15) is 11.3 Å². The molecule has 1 aliphatic carbocycles. The molecule has 2 aromatic rings. The molecule has 4 rings (SSSR count). The van der Waals surface area contributed by atoms with Crippen molar-refractivity contribution in [3.8, 4) is 0 Å². The van der Waals surface area contributed by atoms with E-state index < -0.39 is 5.60 Å². The van der Waals surface area contributed by atoms with Crippen molar-refractivity contribution in [3.05, 3.63) is 47.8 Å². The van der Waals surface area contributed by atoms with Crippen molar-refractivity contribution < 1.29 is 9.90 Å². The lowest BCUT2D eigenvalue weighted by Crippen LogP contribution is -2.51. The number of carbonyl (C=O) groups excluding carboxylic acids is 1. The van der Waals surface area contributed by atoms with Crippen molar-refractivity contribution in [2.75, 3.05) is 13.1 Å². The zero-order valence-corrected chi connectivity index (χ0v) is 12.9. The Hall–Kier alpha value is -2.21. The Morgan fingerprint density at radius 3 is 2.65 bits per heavy atom. The Bertz CT molecular complexity index is 697. The maximum atomic E-state index is 13.1. The van der Waals surface area contributed by atoms with Gasteiger partial charge in [-0.05, 0) is 31.2 Å². The van der Waals surface area contributed by atoms with Gasteiger partial charge in [0.05, 0.1) is 18.2 Å². The normalized spacial score (nSPS) is 26.0. The predicted molar refractivity (Wildman–Crippen MR) is 83.4 cm³/mol. The lowest BCUT2D eigenvalue weighted by atomic mass is 9.87. The predicted octanol–water partition coefficient (Wildman–Crippen LogP) is 1.35. The van der Waals surface area contributed by atoms with E-state index in [1.165, 1.54) is 6.20 Å². The van der Waals surface area contributed by atoms with Crippen molar-refractivity contribution in [1.82, 2.24) is 20.3 Å². The lowest BCUT2D eigenvalue weighted by molar-refractivity contribution is -0.141. The molecule has 6 heteroatoms. The Morgan fingerprint density at radius 2 is 2.00 bits per heavy atom. The third kappa shape index (κ3) is 2.34. The molecule has 1 amide bonds. The Morgan fingerprint density at radius 1 is 1.22 bits per heavy atom. The fraction of sp³-hybridized carbons (Fsp3) is 0.471. The van der Waals surface area contributed by atoms with Crippen LogP contribution in [0.1, 0.15) is 36.9 Å². The number of hydrogen-bond donors (Lipinski definition) is 2. The summed E-state index contributed by atoms with van der Waals surface area (Å²) in [6, 6.07) is 9.97. The third-order valence-electron chi connectivity index (χ3n) is 5.14. The number of nitrogens with zero attached hydrogens (tertiary/aromatic N) is 3. The van der Waals surface area contributed by atoms with Gasteiger partial charge in [0.15, 0.2) is 0 Å². The van der Waals surface area contributed by atoms with Gasteiger partial charge in [-0.15, -0.1) is 0 Å². The fourth-order valence-electron chi connectivity index (χ4n) is 3.66. The molecule has 1 aromatic carbocycles. The average molecular weight is 312 g/mol. The van der Waals surface area contributed by atoms with Gasteiger partial charge < -0.3 is 10.0 Å². The quantitative estimate of drug-likeness (QED) is 0.896. The number of amides is 1. The molecule has 0 spiro atoms. The molecular formula is C17H20N4O2. The molecule has 23 heavy (non-hydrogen) atoms. The summed E-state index contributed by atoms with van der Waals surface area (Å²) in [4.78, 5) is 14.9. The van der Waals surface area contributed by atoms with Crippen molar-refractivity contribution in [3.63, 3.8) is 0 Å². The Balaban J connectivity index is 1.58. The minimum absolute atomic E-state index is 0.130. The molecule has 120 valence electrons. The van der Waals surface area contributed by atoms with Crippen LogP contribution >= 0.6 is 0 Å². The molecular weight excluding hydrogens is 292 g/mol. The molecule has 1 aromatic heterocycles. The number of piperidine rings is 1. The summed E-state index contributed by atoms with van der Waals surface area (Å²) in [7, 11) is 0. The Labute approximate surface area is 134 Å². The van der Waals surface area contributed by atoms with Crippen molar-refractivity contribution in [1.29, 1.82) is 0 Å². The van der Waals surface area contributed by atoms with Gasteiger partial charge in [0.25, 0.3) is 0 Å². The smallest absolute Gasteiger partial charge is 0.233 e. The van der Waals surface area contributed by atoms with Crippen LogP contribution in [0.4, 0.5) is 0 Å². The van der Waals surface area contributed by atoms with Crippen LogP contribution in [0.3, 0.4) is 0 Å². The zero-order valence-electron chi connectivity index (χ0n) is 12.9. The number of aromatic amines is 1. The Kier molecular flexibility index (Phi) is 3.23. The summed E-state index contributed by atoms with van der Waals surface area (Å²) in [5.41, 5.74) is 0.108. The van der Waals surface area contributed by atoms with E-state index in [1.807, 2.05) is 30.3 Å². The van der Waals surface area contributed by atoms with Crippen LogP contribution < -0.4 is 0 Å². The summed E-state index contributed by atoms with van der Waals surface area (Å²) < 4.78 is 0. The molecule has 2 fully saturated rings. The second kappa shape index (κ2) is 5.16. The van der Waals surface area contributed by atoms with E-state index in [0.717, 1.165) is 24.8 Å². The molecule has 6 nitrogen and oxygen atoms in total. The topological polar surface area (TPSA) is 82.1 Å². The average Bonchev–Trinajstić information content (AvgIpc) is 3.20. The number of likely N-dealkylation sites (tertiary alicyclic amines) is 1. The van der Waals surface area contributed by atoms with E-state index in [0.29, 0.717) is 18.7 Å². The molecule has 0 unspecified atom stereocenters. The van der Waals surface area contributed by atoms with Gasteiger partial charge in [-0.3, -0.25) is 4.79 Å². The summed E-state index contributed by atoms with van der Waals surface area (Å²) in [6.07, 6.45) is 4.67. The lowest BCUT2D eigenvalue weighted by Gasteiger charge is -2.39. The third-order valence-corrected chi connectivity index (χ3v) is 5.14. The molecule has 2 N–H and O–H groups in total. The highest BCUT2D eigenvalue weighted by Gasteiger charge is 2.54. The number of aliphatic hydroxyl groups is 1. The second-order valence-corrected chi connectivity index (χ2v) is 6.67. The van der Waals surface area contributed by atoms with Crippen molar-refractivity contribution in [2.24, 2.45) is 0 Å². The van der Waals surface area contributed by atoms with E-state index in [4.69, 9.17) is 0 Å². The molecule has 0 radical (unpaired) electrons. The highest BCUT2D eigenvalue weighted by molar-refractivity contribution is 5.91. The number of aromatic nitrogens is 3. The van der Waals surface area contributed by atoms with Crippen LogP contribution in [-0.4, -0.2) is 44.4 Å². The van der Waals surface area contributed by atoms with Gasteiger partial charge >= 0.3 is 0 Å². The van der Waals surface area contributed by atoms with E-state index in [2.05, 4.69) is 15.4 Å². The minimum Gasteiger partial charge on any atom is -0.382 e. The highest BCUT2D eigenvalue weighted by atomic mass is 16.3. The molecule has 1 saturated carbocycles. The van der Waals surface area contributed by atoms with Crippen LogP contribution in [0, 0.1) is 0 Å². The van der Waals surface area contributed by atoms with Gasteiger partial charge in [-0.2, -0.15) is 15.4 Å². The summed E-state index contributed by atoms with van der Waals surface area (Å²) >= 11 is 0. The fourth-order valence-corrected chi connectivity index (χ4v) is 3.66.